The molecule has 3 aromatic heterocycles. The molecule has 0 N–H and O–H groups in total. The summed E-state index contributed by atoms with van der Waals surface area (Å²) < 4.78 is 11.3. The summed E-state index contributed by atoms with van der Waals surface area (Å²) >= 11 is 0. The molecule has 0 fully saturated rings. The summed E-state index contributed by atoms with van der Waals surface area (Å²) in [5, 5.41) is 9.53. The van der Waals surface area contributed by atoms with Crippen LogP contribution in [-0.2, 0) is 0 Å². The van der Waals surface area contributed by atoms with E-state index < -0.39 is 13.1 Å². The summed E-state index contributed by atoms with van der Waals surface area (Å²) in [6.45, 7) is -3.31. The summed E-state index contributed by atoms with van der Waals surface area (Å²) in [4.78, 5) is 0. The number of aromatic nitrogens is 6. The molecule has 9 heteroatoms. The summed E-state index contributed by atoms with van der Waals surface area (Å²) in [6.07, 6.45) is 12.1. The molecular weight excluding hydrogens is 384 g/mol. The molecule has 152 valence electrons. The Morgan fingerprint density at radius 3 is 1.90 bits per heavy atom. The zero-order valence-electron chi connectivity index (χ0n) is 17.3. The van der Waals surface area contributed by atoms with E-state index in [-0.39, 0.29) is 0 Å². The normalized spacial score (nSPS) is 23.1. The first-order valence-electron chi connectivity index (χ1n) is 10.5. The van der Waals surface area contributed by atoms with Crippen molar-refractivity contribution in [2.45, 2.75) is 0 Å². The second-order valence-electron chi connectivity index (χ2n) is 8.18. The van der Waals surface area contributed by atoms with Crippen molar-refractivity contribution in [2.24, 2.45) is 0 Å². The van der Waals surface area contributed by atoms with Crippen LogP contribution in [0.15, 0.2) is 116 Å². The number of hydrogen-bond donors (Lipinski definition) is 0. The van der Waals surface area contributed by atoms with Gasteiger partial charge in [0.2, 0.25) is 0 Å². The van der Waals surface area contributed by atoms with Gasteiger partial charge < -0.3 is 23.1 Å². The summed E-state index contributed by atoms with van der Waals surface area (Å²) in [7, 11) is 2.18. The van der Waals surface area contributed by atoms with Crippen molar-refractivity contribution in [3.8, 4) is 0 Å². The van der Waals surface area contributed by atoms with E-state index in [4.69, 9.17) is 10.2 Å². The molecule has 0 saturated carbocycles. The molecule has 7 nitrogen and oxygen atoms in total. The van der Waals surface area contributed by atoms with Crippen LogP contribution in [0.5, 0.6) is 0 Å². The molecule has 1 aliphatic rings. The highest BCUT2D eigenvalue weighted by Crippen LogP contribution is 2.25. The zero-order valence-corrected chi connectivity index (χ0v) is 17.3. The van der Waals surface area contributed by atoms with Crippen LogP contribution >= 0.6 is 0 Å². The maximum absolute atomic E-state index is 4.77. The van der Waals surface area contributed by atoms with Gasteiger partial charge in [-0.25, -0.2) is 10.2 Å². The predicted molar refractivity (Wildman–Crippen MR) is 122 cm³/mol. The molecule has 0 spiro atoms. The maximum atomic E-state index is 4.77. The minimum absolute atomic E-state index is 1.17. The van der Waals surface area contributed by atoms with Gasteiger partial charge in [-0.15, -0.1) is 5.46 Å². The zero-order chi connectivity index (χ0) is 20.9. The predicted octanol–water partition coefficient (Wildman–Crippen LogP) is 0.599. The highest BCUT2D eigenvalue weighted by atomic mass is 15.6. The molecule has 0 saturated heterocycles. The standard InChI is InChI=1S/C22H22B2N7/c1-27-23(28-17-8-15-25-28,21-11-4-2-5-12-21)30-19-10-20-31(30)24(27,29-18-9-16-26-29)22-13-6-3-7-14-22/h2-20H,1H3/q-1/t23-,24+. The van der Waals surface area contributed by atoms with Gasteiger partial charge in [-0.3, -0.25) is 0 Å². The molecule has 0 aliphatic carbocycles. The molecule has 4 heterocycles. The molecule has 0 radical (unpaired) electrons. The van der Waals surface area contributed by atoms with Crippen LogP contribution < -0.4 is 15.5 Å². The molecule has 0 amide bonds. The van der Waals surface area contributed by atoms with Crippen molar-refractivity contribution in [1.82, 2.24) is 28.7 Å². The van der Waals surface area contributed by atoms with E-state index in [9.17, 15) is 0 Å². The van der Waals surface area contributed by atoms with Gasteiger partial charge >= 0.3 is 13.1 Å². The molecule has 0 bridgehead atoms. The van der Waals surface area contributed by atoms with Crippen molar-refractivity contribution < 1.29 is 4.59 Å². The molecule has 1 aliphatic heterocycles. The fraction of sp³-hybridized carbons (Fsp3) is 0.0455. The first kappa shape index (κ1) is 18.0. The number of hydrogen-bond acceptors (Lipinski definition) is 3. The Balaban J connectivity index is 1.77. The van der Waals surface area contributed by atoms with Gasteiger partial charge in [-0.2, -0.15) is 0 Å². The SMILES string of the molecule is CN1[B@@-](c2ccccc2)(n2cccn2)n2ccc[n+]2[B@@-]1(c1ccccc1)n1cccn1. The van der Waals surface area contributed by atoms with Crippen molar-refractivity contribution in [1.29, 1.82) is 0 Å². The van der Waals surface area contributed by atoms with Gasteiger partial charge in [0, 0.05) is 24.7 Å². The van der Waals surface area contributed by atoms with E-state index in [0.29, 0.717) is 0 Å². The minimum atomic E-state index is -1.66. The van der Waals surface area contributed by atoms with Crippen LogP contribution in [0.4, 0.5) is 0 Å². The van der Waals surface area contributed by atoms with Crippen LogP contribution in [0.1, 0.15) is 0 Å². The lowest BCUT2D eigenvalue weighted by molar-refractivity contribution is -0.622. The van der Waals surface area contributed by atoms with E-state index in [2.05, 4.69) is 109 Å². The van der Waals surface area contributed by atoms with Crippen LogP contribution in [0.25, 0.3) is 0 Å². The molecule has 6 rings (SSSR count). The lowest BCUT2D eigenvalue weighted by atomic mass is 9.41. The first-order valence-corrected chi connectivity index (χ1v) is 10.5. The van der Waals surface area contributed by atoms with Gasteiger partial charge in [0.25, 0.3) is 0 Å². The largest absolute Gasteiger partial charge is 0.521 e. The van der Waals surface area contributed by atoms with Gasteiger partial charge in [-0.1, -0.05) is 73.2 Å². The van der Waals surface area contributed by atoms with Crippen molar-refractivity contribution in [2.75, 3.05) is 7.05 Å². The fourth-order valence-electron chi connectivity index (χ4n) is 5.75. The fourth-order valence-corrected chi connectivity index (χ4v) is 5.75. The Kier molecular flexibility index (Phi) is 3.82. The third-order valence-electron chi connectivity index (χ3n) is 6.90. The average Bonchev–Trinajstić information content (AvgIpc) is 3.61. The van der Waals surface area contributed by atoms with E-state index in [1.165, 1.54) is 10.9 Å². The van der Waals surface area contributed by atoms with E-state index >= 15 is 0 Å². The summed E-state index contributed by atoms with van der Waals surface area (Å²) in [5.41, 5.74) is 2.34. The number of nitrogens with zero attached hydrogens (tertiary/aromatic N) is 7. The Morgan fingerprint density at radius 2 is 1.29 bits per heavy atom. The van der Waals surface area contributed by atoms with E-state index in [1.54, 1.807) is 0 Å². The van der Waals surface area contributed by atoms with Crippen LogP contribution in [0.3, 0.4) is 0 Å². The highest BCUT2D eigenvalue weighted by Gasteiger charge is 2.60. The quantitative estimate of drug-likeness (QED) is 0.411. The van der Waals surface area contributed by atoms with E-state index in [0.717, 1.165) is 0 Å². The van der Waals surface area contributed by atoms with Crippen LogP contribution in [-0.4, -0.2) is 48.8 Å². The van der Waals surface area contributed by atoms with Gasteiger partial charge in [-0.05, 0) is 24.5 Å². The second kappa shape index (κ2) is 6.58. The van der Waals surface area contributed by atoms with Crippen molar-refractivity contribution in [3.05, 3.63) is 116 Å². The number of rotatable bonds is 4. The smallest absolute Gasteiger partial charge is 0.484 e. The maximum Gasteiger partial charge on any atom is 0.484 e. The molecular formula is C22H22B2N7-. The molecule has 0 unspecified atom stereocenters. The Labute approximate surface area is 180 Å². The Morgan fingerprint density at radius 1 is 0.677 bits per heavy atom. The van der Waals surface area contributed by atoms with Crippen molar-refractivity contribution in [3.63, 3.8) is 0 Å². The van der Waals surface area contributed by atoms with Crippen molar-refractivity contribution >= 4 is 24.0 Å². The van der Waals surface area contributed by atoms with Gasteiger partial charge in [0.15, 0.2) is 0 Å². The monoisotopic (exact) mass is 406 g/mol. The van der Waals surface area contributed by atoms with Gasteiger partial charge in [0.05, 0.1) is 0 Å². The molecule has 31 heavy (non-hydrogen) atoms. The topological polar surface area (TPSA) is 47.7 Å². The molecule has 2 aromatic carbocycles. The summed E-state index contributed by atoms with van der Waals surface area (Å²) in [5.74, 6) is 0. The highest BCUT2D eigenvalue weighted by molar-refractivity contribution is 7.00. The Bertz CT molecular complexity index is 1200. The van der Waals surface area contributed by atoms with Crippen LogP contribution in [0.2, 0.25) is 0 Å². The first-order chi connectivity index (χ1) is 15.3. The minimum Gasteiger partial charge on any atom is -0.521 e. The van der Waals surface area contributed by atoms with E-state index in [1.807, 2.05) is 36.9 Å². The second-order valence-corrected chi connectivity index (χ2v) is 8.18. The van der Waals surface area contributed by atoms with Crippen LogP contribution in [0, 0.1) is 0 Å². The molecule has 2 atom stereocenters. The summed E-state index contributed by atoms with van der Waals surface area (Å²) in [6, 6.07) is 27.3. The number of benzene rings is 2. The third-order valence-corrected chi connectivity index (χ3v) is 6.90. The Hall–Kier alpha value is -3.84. The lowest BCUT2D eigenvalue weighted by Gasteiger charge is -2.50. The molecule has 5 aromatic rings. The lowest BCUT2D eigenvalue weighted by Crippen LogP contribution is -2.83. The average molecular weight is 406 g/mol. The third kappa shape index (κ3) is 2.16. The number of fused-ring (bicyclic) bond motifs is 1. The van der Waals surface area contributed by atoms with Gasteiger partial charge in [0.1, 0.15) is 6.20 Å².